The van der Waals surface area contributed by atoms with E-state index in [9.17, 15) is 5.11 Å². The van der Waals surface area contributed by atoms with Gasteiger partial charge >= 0.3 is 0 Å². The standard InChI is InChI=1S/C11H23N3O/c1-2-3-8-13-10(12)14-9-11(15)6-4-5-7-11/h15H,2-9H2,1H3,(H3,12,13,14). The third-order valence-electron chi connectivity index (χ3n) is 2.91. The van der Waals surface area contributed by atoms with Gasteiger partial charge in [0.1, 0.15) is 0 Å². The summed E-state index contributed by atoms with van der Waals surface area (Å²) in [5, 5.41) is 13.1. The van der Waals surface area contributed by atoms with E-state index in [1.807, 2.05) is 0 Å². The van der Waals surface area contributed by atoms with E-state index in [0.29, 0.717) is 12.5 Å². The molecule has 0 aliphatic heterocycles. The Morgan fingerprint density at radius 1 is 1.47 bits per heavy atom. The highest BCUT2D eigenvalue weighted by molar-refractivity contribution is 5.77. The number of rotatable bonds is 5. The van der Waals surface area contributed by atoms with Crippen molar-refractivity contribution in [2.75, 3.05) is 13.1 Å². The summed E-state index contributed by atoms with van der Waals surface area (Å²) in [7, 11) is 0. The summed E-state index contributed by atoms with van der Waals surface area (Å²) in [6.45, 7) is 3.44. The fraction of sp³-hybridized carbons (Fsp3) is 0.909. The first-order valence-electron chi connectivity index (χ1n) is 5.92. The van der Waals surface area contributed by atoms with Crippen LogP contribution in [0.4, 0.5) is 0 Å². The van der Waals surface area contributed by atoms with Crippen LogP contribution in [0.3, 0.4) is 0 Å². The van der Waals surface area contributed by atoms with E-state index in [0.717, 1.165) is 45.1 Å². The van der Waals surface area contributed by atoms with Crippen LogP contribution >= 0.6 is 0 Å². The van der Waals surface area contributed by atoms with Gasteiger partial charge in [0.15, 0.2) is 5.96 Å². The molecule has 4 nitrogen and oxygen atoms in total. The fourth-order valence-corrected chi connectivity index (χ4v) is 1.87. The zero-order chi connectivity index (χ0) is 11.1. The molecule has 0 atom stereocenters. The number of guanidine groups is 1. The van der Waals surface area contributed by atoms with Crippen molar-refractivity contribution in [2.45, 2.75) is 51.0 Å². The molecular weight excluding hydrogens is 190 g/mol. The van der Waals surface area contributed by atoms with E-state index in [-0.39, 0.29) is 0 Å². The smallest absolute Gasteiger partial charge is 0.188 e. The van der Waals surface area contributed by atoms with Crippen molar-refractivity contribution in [2.24, 2.45) is 10.7 Å². The molecule has 0 spiro atoms. The van der Waals surface area contributed by atoms with E-state index in [2.05, 4.69) is 17.2 Å². The second-order valence-electron chi connectivity index (χ2n) is 4.41. The molecule has 1 rings (SSSR count). The Kier molecular flexibility index (Phi) is 4.88. The largest absolute Gasteiger partial charge is 0.388 e. The van der Waals surface area contributed by atoms with Crippen LogP contribution in [0.25, 0.3) is 0 Å². The molecule has 88 valence electrons. The number of aliphatic imine (C=N–C) groups is 1. The second-order valence-corrected chi connectivity index (χ2v) is 4.41. The van der Waals surface area contributed by atoms with E-state index in [1.54, 1.807) is 0 Å². The van der Waals surface area contributed by atoms with Gasteiger partial charge in [0.2, 0.25) is 0 Å². The summed E-state index contributed by atoms with van der Waals surface area (Å²) in [5.41, 5.74) is 5.09. The zero-order valence-corrected chi connectivity index (χ0v) is 9.63. The zero-order valence-electron chi connectivity index (χ0n) is 9.63. The summed E-state index contributed by atoms with van der Waals surface area (Å²) < 4.78 is 0. The van der Waals surface area contributed by atoms with Gasteiger partial charge in [-0.2, -0.15) is 0 Å². The first kappa shape index (κ1) is 12.3. The van der Waals surface area contributed by atoms with Crippen molar-refractivity contribution in [3.63, 3.8) is 0 Å². The predicted octanol–water partition coefficient (Wildman–Crippen LogP) is 0.996. The quantitative estimate of drug-likeness (QED) is 0.362. The van der Waals surface area contributed by atoms with Gasteiger partial charge in [-0.25, -0.2) is 0 Å². The Morgan fingerprint density at radius 2 is 2.13 bits per heavy atom. The van der Waals surface area contributed by atoms with E-state index < -0.39 is 5.60 Å². The van der Waals surface area contributed by atoms with Crippen LogP contribution < -0.4 is 11.1 Å². The van der Waals surface area contributed by atoms with Gasteiger partial charge in [-0.1, -0.05) is 26.2 Å². The Labute approximate surface area is 92.0 Å². The fourth-order valence-electron chi connectivity index (χ4n) is 1.87. The molecule has 4 heteroatoms. The van der Waals surface area contributed by atoms with Crippen LogP contribution in [-0.4, -0.2) is 29.8 Å². The normalized spacial score (nSPS) is 20.5. The molecular formula is C11H23N3O. The van der Waals surface area contributed by atoms with Crippen molar-refractivity contribution >= 4 is 5.96 Å². The minimum atomic E-state index is -0.586. The molecule has 1 fully saturated rings. The van der Waals surface area contributed by atoms with Crippen LogP contribution in [0.15, 0.2) is 4.99 Å². The Bertz CT molecular complexity index is 210. The predicted molar refractivity (Wildman–Crippen MR) is 62.8 cm³/mol. The Morgan fingerprint density at radius 3 is 2.73 bits per heavy atom. The van der Waals surface area contributed by atoms with Gasteiger partial charge in [0.05, 0.1) is 12.1 Å². The summed E-state index contributed by atoms with van der Waals surface area (Å²) in [6, 6.07) is 0. The van der Waals surface area contributed by atoms with Crippen molar-refractivity contribution in [3.05, 3.63) is 0 Å². The van der Waals surface area contributed by atoms with E-state index >= 15 is 0 Å². The third kappa shape index (κ3) is 4.51. The van der Waals surface area contributed by atoms with Crippen molar-refractivity contribution < 1.29 is 5.11 Å². The molecule has 0 saturated heterocycles. The van der Waals surface area contributed by atoms with Gasteiger partial charge in [0.25, 0.3) is 0 Å². The first-order valence-corrected chi connectivity index (χ1v) is 5.92. The lowest BCUT2D eigenvalue weighted by atomic mass is 10.0. The number of hydrogen-bond acceptors (Lipinski definition) is 2. The Hall–Kier alpha value is -0.770. The molecule has 0 amide bonds. The molecule has 0 aromatic carbocycles. The average molecular weight is 213 g/mol. The van der Waals surface area contributed by atoms with Gasteiger partial charge < -0.3 is 16.2 Å². The molecule has 1 aliphatic carbocycles. The maximum atomic E-state index is 10.0. The Balaban J connectivity index is 2.23. The number of unbranched alkanes of at least 4 members (excludes halogenated alkanes) is 1. The van der Waals surface area contributed by atoms with E-state index in [1.165, 1.54) is 0 Å². The highest BCUT2D eigenvalue weighted by Crippen LogP contribution is 2.29. The first-order chi connectivity index (χ1) is 7.16. The number of hydrogen-bond donors (Lipinski definition) is 3. The van der Waals surface area contributed by atoms with Gasteiger partial charge in [-0.15, -0.1) is 0 Å². The van der Waals surface area contributed by atoms with Crippen LogP contribution in [0.2, 0.25) is 0 Å². The third-order valence-corrected chi connectivity index (χ3v) is 2.91. The number of nitrogens with zero attached hydrogens (tertiary/aromatic N) is 1. The molecule has 0 bridgehead atoms. The number of aliphatic hydroxyl groups is 1. The summed E-state index contributed by atoms with van der Waals surface area (Å²) in [5.74, 6) is 0.462. The molecule has 0 unspecified atom stereocenters. The van der Waals surface area contributed by atoms with E-state index in [4.69, 9.17) is 5.73 Å². The molecule has 4 N–H and O–H groups in total. The molecule has 1 saturated carbocycles. The lowest BCUT2D eigenvalue weighted by Gasteiger charge is -2.19. The van der Waals surface area contributed by atoms with Gasteiger partial charge in [-0.05, 0) is 19.3 Å². The van der Waals surface area contributed by atoms with Gasteiger partial charge in [-0.3, -0.25) is 4.99 Å². The summed E-state index contributed by atoms with van der Waals surface area (Å²) >= 11 is 0. The average Bonchev–Trinajstić information content (AvgIpc) is 2.64. The minimum Gasteiger partial charge on any atom is -0.388 e. The molecule has 0 heterocycles. The van der Waals surface area contributed by atoms with Crippen molar-refractivity contribution in [3.8, 4) is 0 Å². The van der Waals surface area contributed by atoms with Crippen LogP contribution in [0, 0.1) is 0 Å². The maximum Gasteiger partial charge on any atom is 0.188 e. The minimum absolute atomic E-state index is 0.442. The van der Waals surface area contributed by atoms with Gasteiger partial charge in [0, 0.05) is 6.54 Å². The SMILES string of the molecule is CCCCNC(N)=NCC1(O)CCCC1. The molecule has 0 aromatic heterocycles. The van der Waals surface area contributed by atoms with Crippen LogP contribution in [0.5, 0.6) is 0 Å². The summed E-state index contributed by atoms with van der Waals surface area (Å²) in [4.78, 5) is 4.18. The highest BCUT2D eigenvalue weighted by Gasteiger charge is 2.30. The number of nitrogens with two attached hydrogens (primary N) is 1. The second kappa shape index (κ2) is 5.95. The summed E-state index contributed by atoms with van der Waals surface area (Å²) in [6.07, 6.45) is 6.17. The molecule has 1 aliphatic rings. The molecule has 0 aromatic rings. The molecule has 0 radical (unpaired) electrons. The van der Waals surface area contributed by atoms with Crippen LogP contribution in [0.1, 0.15) is 45.4 Å². The molecule has 15 heavy (non-hydrogen) atoms. The topological polar surface area (TPSA) is 70.6 Å². The number of nitrogens with one attached hydrogen (secondary N) is 1. The maximum absolute atomic E-state index is 10.0. The van der Waals surface area contributed by atoms with Crippen LogP contribution in [-0.2, 0) is 0 Å². The monoisotopic (exact) mass is 213 g/mol. The highest BCUT2D eigenvalue weighted by atomic mass is 16.3. The van der Waals surface area contributed by atoms with Crippen molar-refractivity contribution in [1.82, 2.24) is 5.32 Å². The lowest BCUT2D eigenvalue weighted by molar-refractivity contribution is 0.0575. The van der Waals surface area contributed by atoms with Crippen molar-refractivity contribution in [1.29, 1.82) is 0 Å². The lowest BCUT2D eigenvalue weighted by Crippen LogP contribution is -2.35.